The first kappa shape index (κ1) is 14.1. The molecule has 3 rings (SSSR count). The highest BCUT2D eigenvalue weighted by Gasteiger charge is 2.30. The molecule has 2 aliphatic rings. The van der Waals surface area contributed by atoms with Gasteiger partial charge in [-0.15, -0.1) is 0 Å². The zero-order valence-corrected chi connectivity index (χ0v) is 12.2. The van der Waals surface area contributed by atoms with Gasteiger partial charge in [-0.25, -0.2) is 0 Å². The molecule has 0 bridgehead atoms. The van der Waals surface area contributed by atoms with Crippen molar-refractivity contribution >= 4 is 0 Å². The topological polar surface area (TPSA) is 35.5 Å². The van der Waals surface area contributed by atoms with Gasteiger partial charge in [0.25, 0.3) is 0 Å². The lowest BCUT2D eigenvalue weighted by molar-refractivity contribution is 0.0523. The molecule has 1 heterocycles. The first-order valence-corrected chi connectivity index (χ1v) is 8.00. The number of benzene rings is 1. The van der Waals surface area contributed by atoms with Crippen molar-refractivity contribution in [1.82, 2.24) is 10.2 Å². The van der Waals surface area contributed by atoms with E-state index in [1.54, 1.807) is 0 Å². The molecule has 1 saturated heterocycles. The van der Waals surface area contributed by atoms with Crippen LogP contribution in [-0.4, -0.2) is 47.8 Å². The number of aliphatic hydroxyl groups is 1. The third-order valence-electron chi connectivity index (χ3n) is 4.73. The Morgan fingerprint density at radius 3 is 2.40 bits per heavy atom. The van der Waals surface area contributed by atoms with Crippen molar-refractivity contribution in [3.05, 3.63) is 35.9 Å². The van der Waals surface area contributed by atoms with Crippen molar-refractivity contribution in [2.24, 2.45) is 0 Å². The standard InChI is InChI=1S/C17H26N2O/c20-17-12-16(13-17)18-15-7-10-19(11-8-15)9-6-14-4-2-1-3-5-14/h1-5,15-18,20H,6-13H2. The number of piperidine rings is 1. The largest absolute Gasteiger partial charge is 0.393 e. The third-order valence-corrected chi connectivity index (χ3v) is 4.73. The molecule has 0 atom stereocenters. The highest BCUT2D eigenvalue weighted by Crippen LogP contribution is 2.22. The Bertz CT molecular complexity index is 395. The summed E-state index contributed by atoms with van der Waals surface area (Å²) in [5, 5.41) is 13.0. The van der Waals surface area contributed by atoms with Crippen molar-refractivity contribution < 1.29 is 5.11 Å². The average molecular weight is 274 g/mol. The number of rotatable bonds is 5. The van der Waals surface area contributed by atoms with E-state index in [2.05, 4.69) is 40.5 Å². The maximum atomic E-state index is 9.32. The van der Waals surface area contributed by atoms with Gasteiger partial charge >= 0.3 is 0 Å². The van der Waals surface area contributed by atoms with Crippen LogP contribution in [0.4, 0.5) is 0 Å². The molecular weight excluding hydrogens is 248 g/mol. The normalized spacial score (nSPS) is 28.2. The molecule has 3 nitrogen and oxygen atoms in total. The van der Waals surface area contributed by atoms with Crippen LogP contribution in [0.25, 0.3) is 0 Å². The molecule has 20 heavy (non-hydrogen) atoms. The summed E-state index contributed by atoms with van der Waals surface area (Å²) in [7, 11) is 0. The Labute approximate surface area is 122 Å². The van der Waals surface area contributed by atoms with E-state index in [1.807, 2.05) is 0 Å². The Kier molecular flexibility index (Phi) is 4.71. The minimum absolute atomic E-state index is 0.0431. The lowest BCUT2D eigenvalue weighted by Crippen LogP contribution is -2.52. The Balaban J connectivity index is 1.34. The third kappa shape index (κ3) is 3.81. The smallest absolute Gasteiger partial charge is 0.0570 e. The summed E-state index contributed by atoms with van der Waals surface area (Å²) >= 11 is 0. The Morgan fingerprint density at radius 2 is 1.75 bits per heavy atom. The molecule has 2 N–H and O–H groups in total. The zero-order valence-electron chi connectivity index (χ0n) is 12.2. The molecule has 0 unspecified atom stereocenters. The SMILES string of the molecule is OC1CC(NC2CCN(CCc3ccccc3)CC2)C1. The first-order chi connectivity index (χ1) is 9.79. The van der Waals surface area contributed by atoms with Crippen molar-refractivity contribution in [2.45, 2.75) is 50.3 Å². The van der Waals surface area contributed by atoms with Gasteiger partial charge < -0.3 is 15.3 Å². The van der Waals surface area contributed by atoms with E-state index in [1.165, 1.54) is 38.0 Å². The van der Waals surface area contributed by atoms with Crippen molar-refractivity contribution in [3.8, 4) is 0 Å². The fraction of sp³-hybridized carbons (Fsp3) is 0.647. The van der Waals surface area contributed by atoms with Crippen molar-refractivity contribution in [2.75, 3.05) is 19.6 Å². The Hall–Kier alpha value is -0.900. The van der Waals surface area contributed by atoms with Crippen LogP contribution >= 0.6 is 0 Å². The maximum Gasteiger partial charge on any atom is 0.0570 e. The molecule has 0 radical (unpaired) electrons. The highest BCUT2D eigenvalue weighted by molar-refractivity contribution is 5.14. The zero-order chi connectivity index (χ0) is 13.8. The molecule has 2 fully saturated rings. The molecule has 1 aliphatic heterocycles. The van der Waals surface area contributed by atoms with Gasteiger partial charge in [0.1, 0.15) is 0 Å². The van der Waals surface area contributed by atoms with E-state index >= 15 is 0 Å². The number of hydrogen-bond donors (Lipinski definition) is 2. The van der Waals surface area contributed by atoms with Crippen LogP contribution in [0.1, 0.15) is 31.2 Å². The molecule has 0 amide bonds. The van der Waals surface area contributed by atoms with Crippen LogP contribution in [0.15, 0.2) is 30.3 Å². The molecule has 1 saturated carbocycles. The molecule has 1 aromatic carbocycles. The predicted octanol–water partition coefficient (Wildman–Crippen LogP) is 1.81. The van der Waals surface area contributed by atoms with Gasteiger partial charge in [-0.3, -0.25) is 0 Å². The van der Waals surface area contributed by atoms with E-state index < -0.39 is 0 Å². The van der Waals surface area contributed by atoms with E-state index in [-0.39, 0.29) is 6.10 Å². The van der Waals surface area contributed by atoms with Gasteiger partial charge in [0.05, 0.1) is 6.10 Å². The fourth-order valence-corrected chi connectivity index (χ4v) is 3.31. The molecule has 0 spiro atoms. The van der Waals surface area contributed by atoms with Crippen molar-refractivity contribution in [3.63, 3.8) is 0 Å². The summed E-state index contributed by atoms with van der Waals surface area (Å²) in [5.41, 5.74) is 1.44. The second kappa shape index (κ2) is 6.70. The number of likely N-dealkylation sites (tertiary alicyclic amines) is 1. The second-order valence-electron chi connectivity index (χ2n) is 6.34. The number of hydrogen-bond acceptors (Lipinski definition) is 3. The van der Waals surface area contributed by atoms with E-state index in [0.717, 1.165) is 19.3 Å². The van der Waals surface area contributed by atoms with Gasteiger partial charge in [-0.05, 0) is 50.8 Å². The van der Waals surface area contributed by atoms with Crippen LogP contribution in [0.3, 0.4) is 0 Å². The lowest BCUT2D eigenvalue weighted by Gasteiger charge is -2.39. The monoisotopic (exact) mass is 274 g/mol. The van der Waals surface area contributed by atoms with Crippen molar-refractivity contribution in [1.29, 1.82) is 0 Å². The average Bonchev–Trinajstić information content (AvgIpc) is 2.46. The number of nitrogens with zero attached hydrogens (tertiary/aromatic N) is 1. The summed E-state index contributed by atoms with van der Waals surface area (Å²) in [6.07, 6.45) is 5.53. The Morgan fingerprint density at radius 1 is 1.05 bits per heavy atom. The van der Waals surface area contributed by atoms with Gasteiger partial charge in [-0.1, -0.05) is 30.3 Å². The van der Waals surface area contributed by atoms with Gasteiger partial charge in [0.15, 0.2) is 0 Å². The summed E-state index contributed by atoms with van der Waals surface area (Å²) in [6, 6.07) is 12.0. The van der Waals surface area contributed by atoms with E-state index in [0.29, 0.717) is 12.1 Å². The second-order valence-corrected chi connectivity index (χ2v) is 6.34. The minimum Gasteiger partial charge on any atom is -0.393 e. The van der Waals surface area contributed by atoms with Gasteiger partial charge in [0.2, 0.25) is 0 Å². The lowest BCUT2D eigenvalue weighted by atomic mass is 9.88. The summed E-state index contributed by atoms with van der Waals surface area (Å²) in [4.78, 5) is 2.58. The van der Waals surface area contributed by atoms with Crippen LogP contribution in [0.2, 0.25) is 0 Å². The molecule has 3 heteroatoms. The quantitative estimate of drug-likeness (QED) is 0.859. The molecule has 1 aliphatic carbocycles. The summed E-state index contributed by atoms with van der Waals surface area (Å²) in [5.74, 6) is 0. The first-order valence-electron chi connectivity index (χ1n) is 8.00. The summed E-state index contributed by atoms with van der Waals surface area (Å²) < 4.78 is 0. The molecular formula is C17H26N2O. The minimum atomic E-state index is -0.0431. The number of aliphatic hydroxyl groups excluding tert-OH is 1. The highest BCUT2D eigenvalue weighted by atomic mass is 16.3. The molecule has 1 aromatic rings. The van der Waals surface area contributed by atoms with Crippen LogP contribution in [-0.2, 0) is 6.42 Å². The number of nitrogens with one attached hydrogen (secondary N) is 1. The van der Waals surface area contributed by atoms with Crippen LogP contribution < -0.4 is 5.32 Å². The predicted molar refractivity (Wildman–Crippen MR) is 81.8 cm³/mol. The molecule has 110 valence electrons. The van der Waals surface area contributed by atoms with Gasteiger partial charge in [0, 0.05) is 18.6 Å². The summed E-state index contributed by atoms with van der Waals surface area (Å²) in [6.45, 7) is 3.60. The van der Waals surface area contributed by atoms with Gasteiger partial charge in [-0.2, -0.15) is 0 Å². The maximum absolute atomic E-state index is 9.32. The molecule has 0 aromatic heterocycles. The van der Waals surface area contributed by atoms with Crippen LogP contribution in [0, 0.1) is 0 Å². The van der Waals surface area contributed by atoms with E-state index in [9.17, 15) is 5.11 Å². The fourth-order valence-electron chi connectivity index (χ4n) is 3.31. The van der Waals surface area contributed by atoms with Crippen LogP contribution in [0.5, 0.6) is 0 Å². The van der Waals surface area contributed by atoms with E-state index in [4.69, 9.17) is 0 Å².